The van der Waals surface area contributed by atoms with E-state index >= 15 is 0 Å². The van der Waals surface area contributed by atoms with Gasteiger partial charge in [0.2, 0.25) is 0 Å². The van der Waals surface area contributed by atoms with Crippen molar-refractivity contribution in [2.75, 3.05) is 34.5 Å². The van der Waals surface area contributed by atoms with Crippen LogP contribution in [0.1, 0.15) is 13.8 Å². The third-order valence-electron chi connectivity index (χ3n) is 2.92. The first-order valence-electron chi connectivity index (χ1n) is 7.40. The molecule has 1 aromatic rings. The molecule has 0 aliphatic heterocycles. The van der Waals surface area contributed by atoms with Gasteiger partial charge in [-0.25, -0.2) is 0 Å². The van der Waals surface area contributed by atoms with Crippen LogP contribution >= 0.6 is 0 Å². The molecule has 7 heteroatoms. The summed E-state index contributed by atoms with van der Waals surface area (Å²) in [5, 5.41) is 0.975. The zero-order valence-electron chi connectivity index (χ0n) is 14.8. The van der Waals surface area contributed by atoms with E-state index in [2.05, 4.69) is 13.1 Å². The monoisotopic (exact) mass is 346 g/mol. The van der Waals surface area contributed by atoms with Crippen LogP contribution in [0.3, 0.4) is 0 Å². The Morgan fingerprint density at radius 2 is 1.18 bits per heavy atom. The second-order valence-corrected chi connectivity index (χ2v) is 11.1. The quantitative estimate of drug-likeness (QED) is 0.677. The van der Waals surface area contributed by atoms with Crippen LogP contribution in [-0.2, 0) is 22.1 Å². The molecule has 0 fully saturated rings. The van der Waals surface area contributed by atoms with E-state index in [0.717, 1.165) is 18.4 Å². The minimum atomic E-state index is -2.59. The van der Waals surface area contributed by atoms with Gasteiger partial charge in [0, 0.05) is 39.7 Å². The van der Waals surface area contributed by atoms with Gasteiger partial charge in [-0.15, -0.1) is 0 Å². The Morgan fingerprint density at radius 1 is 0.773 bits per heavy atom. The van der Waals surface area contributed by atoms with Crippen molar-refractivity contribution in [2.45, 2.75) is 26.9 Å². The average Bonchev–Trinajstić information content (AvgIpc) is 2.51. The van der Waals surface area contributed by atoms with Crippen LogP contribution in [0.4, 0.5) is 0 Å². The van der Waals surface area contributed by atoms with Crippen LogP contribution in [0.15, 0.2) is 30.3 Å². The molecule has 0 heterocycles. The molecule has 0 spiro atoms. The Balaban J connectivity index is 0.000000433. The predicted molar refractivity (Wildman–Crippen MR) is 93.6 cm³/mol. The van der Waals surface area contributed by atoms with E-state index in [1.165, 1.54) is 0 Å². The lowest BCUT2D eigenvalue weighted by Crippen LogP contribution is -2.54. The summed E-state index contributed by atoms with van der Waals surface area (Å²) in [4.78, 5) is 0. The maximum atomic E-state index is 5.39. The van der Waals surface area contributed by atoms with E-state index in [0.29, 0.717) is 0 Å². The molecule has 22 heavy (non-hydrogen) atoms. The highest BCUT2D eigenvalue weighted by molar-refractivity contribution is 6.75. The molecule has 0 N–H and O–H groups in total. The van der Waals surface area contributed by atoms with Crippen molar-refractivity contribution in [3.8, 4) is 0 Å². The molecule has 0 aromatic heterocycles. The highest BCUT2D eigenvalue weighted by atomic mass is 28.4. The van der Waals surface area contributed by atoms with Gasteiger partial charge in [0.25, 0.3) is 0 Å². The van der Waals surface area contributed by atoms with Crippen LogP contribution in [0.25, 0.3) is 0 Å². The molecule has 0 radical (unpaired) electrons. The van der Waals surface area contributed by atoms with Crippen LogP contribution in [0.2, 0.25) is 13.1 Å². The molecule has 0 bridgehead atoms. The first-order chi connectivity index (χ1) is 10.4. The summed E-state index contributed by atoms with van der Waals surface area (Å²) in [5.74, 6) is 0. The summed E-state index contributed by atoms with van der Waals surface area (Å²) in [6, 6.07) is 9.72. The van der Waals surface area contributed by atoms with Crippen molar-refractivity contribution in [1.82, 2.24) is 0 Å². The molecule has 5 nitrogen and oxygen atoms in total. The van der Waals surface area contributed by atoms with E-state index in [1.54, 1.807) is 21.3 Å². The van der Waals surface area contributed by atoms with Gasteiger partial charge in [-0.2, -0.15) is 0 Å². The van der Waals surface area contributed by atoms with Crippen molar-refractivity contribution < 1.29 is 22.1 Å². The van der Waals surface area contributed by atoms with Gasteiger partial charge in [0.05, 0.1) is 0 Å². The zero-order chi connectivity index (χ0) is 17.1. The summed E-state index contributed by atoms with van der Waals surface area (Å²) in [7, 11) is 0.513. The van der Waals surface area contributed by atoms with E-state index in [1.807, 2.05) is 44.2 Å². The smallest absolute Gasteiger partial charge is 0.395 e. The molecular formula is C15H30O5Si2. The molecule has 1 aromatic carbocycles. The normalized spacial score (nSPS) is 11.8. The lowest BCUT2D eigenvalue weighted by Gasteiger charge is -2.24. The largest absolute Gasteiger partial charge is 0.536 e. The third kappa shape index (κ3) is 7.14. The second kappa shape index (κ2) is 11.1. The number of hydrogen-bond donors (Lipinski definition) is 0. The Bertz CT molecular complexity index is 367. The zero-order valence-corrected chi connectivity index (χ0v) is 16.8. The molecule has 128 valence electrons. The van der Waals surface area contributed by atoms with E-state index < -0.39 is 17.4 Å². The molecule has 0 unspecified atom stereocenters. The van der Waals surface area contributed by atoms with Crippen LogP contribution in [0.5, 0.6) is 0 Å². The highest BCUT2D eigenvalue weighted by Gasteiger charge is 2.40. The van der Waals surface area contributed by atoms with Crippen molar-refractivity contribution >= 4 is 22.6 Å². The molecule has 0 saturated carbocycles. The van der Waals surface area contributed by atoms with Gasteiger partial charge in [0.1, 0.15) is 0 Å². The standard InChI is InChI=1S/C9H14O3Si.C6H16O2Si/c1-10-13(11-2,12-3)9-7-5-4-6-8-9;1-5-7-9(3,4)8-6-2/h4-8H,1-3H3;5-6H2,1-4H3. The van der Waals surface area contributed by atoms with Crippen molar-refractivity contribution in [2.24, 2.45) is 0 Å². The second-order valence-electron chi connectivity index (χ2n) is 4.80. The summed E-state index contributed by atoms with van der Waals surface area (Å²) in [6.07, 6.45) is 0. The summed E-state index contributed by atoms with van der Waals surface area (Å²) in [6.45, 7) is 9.62. The topological polar surface area (TPSA) is 46.2 Å². The Morgan fingerprint density at radius 3 is 1.50 bits per heavy atom. The molecule has 0 aliphatic rings. The highest BCUT2D eigenvalue weighted by Crippen LogP contribution is 2.06. The first kappa shape index (κ1) is 21.5. The van der Waals surface area contributed by atoms with Gasteiger partial charge in [0.15, 0.2) is 0 Å². The fourth-order valence-electron chi connectivity index (χ4n) is 1.98. The van der Waals surface area contributed by atoms with Crippen LogP contribution in [-0.4, -0.2) is 51.9 Å². The maximum Gasteiger partial charge on any atom is 0.536 e. The molecular weight excluding hydrogens is 316 g/mol. The fraction of sp³-hybridized carbons (Fsp3) is 0.600. The van der Waals surface area contributed by atoms with Crippen LogP contribution in [0, 0.1) is 0 Å². The number of benzene rings is 1. The van der Waals surface area contributed by atoms with Gasteiger partial charge < -0.3 is 22.1 Å². The molecule has 1 rings (SSSR count). The molecule has 0 atom stereocenters. The molecule has 0 aliphatic carbocycles. The van der Waals surface area contributed by atoms with Crippen molar-refractivity contribution in [1.29, 1.82) is 0 Å². The molecule has 0 amide bonds. The average molecular weight is 347 g/mol. The summed E-state index contributed by atoms with van der Waals surface area (Å²) in [5.41, 5.74) is 0. The SMILES string of the molecule is CCO[Si](C)(C)OCC.CO[Si](OC)(OC)c1ccccc1. The maximum absolute atomic E-state index is 5.39. The van der Waals surface area contributed by atoms with E-state index in [-0.39, 0.29) is 0 Å². The van der Waals surface area contributed by atoms with Crippen molar-refractivity contribution in [3.05, 3.63) is 30.3 Å². The summed E-state index contributed by atoms with van der Waals surface area (Å²) < 4.78 is 26.7. The van der Waals surface area contributed by atoms with Gasteiger partial charge in [-0.05, 0) is 26.9 Å². The van der Waals surface area contributed by atoms with E-state index in [9.17, 15) is 0 Å². The lowest BCUT2D eigenvalue weighted by molar-refractivity contribution is 0.140. The Kier molecular flexibility index (Phi) is 10.8. The lowest BCUT2D eigenvalue weighted by atomic mass is 10.4. The Hall–Kier alpha value is -0.546. The number of rotatable bonds is 8. The van der Waals surface area contributed by atoms with Gasteiger partial charge >= 0.3 is 17.4 Å². The van der Waals surface area contributed by atoms with Crippen molar-refractivity contribution in [3.63, 3.8) is 0 Å². The Labute approximate surface area is 137 Å². The van der Waals surface area contributed by atoms with Crippen LogP contribution < -0.4 is 5.19 Å². The van der Waals surface area contributed by atoms with E-state index in [4.69, 9.17) is 22.1 Å². The minimum Gasteiger partial charge on any atom is -0.395 e. The molecule has 0 saturated heterocycles. The predicted octanol–water partition coefficient (Wildman–Crippen LogP) is 2.53. The first-order valence-corrected chi connectivity index (χ1v) is 11.9. The van der Waals surface area contributed by atoms with Gasteiger partial charge in [-0.3, -0.25) is 0 Å². The third-order valence-corrected chi connectivity index (χ3v) is 7.54. The summed E-state index contributed by atoms with van der Waals surface area (Å²) >= 11 is 0. The fourth-order valence-corrected chi connectivity index (χ4v) is 5.26. The minimum absolute atomic E-state index is 0.763. The number of hydrogen-bond acceptors (Lipinski definition) is 5. The van der Waals surface area contributed by atoms with Gasteiger partial charge in [-0.1, -0.05) is 30.3 Å².